The molecule has 118 valence electrons. The number of nitrogens with zero attached hydrogens (tertiary/aromatic N) is 3. The second kappa shape index (κ2) is 5.44. The Morgan fingerprint density at radius 1 is 1.48 bits per heavy atom. The van der Waals surface area contributed by atoms with Crippen LogP contribution in [0.2, 0.25) is 0 Å². The van der Waals surface area contributed by atoms with Crippen LogP contribution in [0.25, 0.3) is 0 Å². The lowest BCUT2D eigenvalue weighted by Crippen LogP contribution is -2.35. The quantitative estimate of drug-likeness (QED) is 0.927. The van der Waals surface area contributed by atoms with Gasteiger partial charge >= 0.3 is 0 Å². The monoisotopic (exact) mass is 292 g/mol. The lowest BCUT2D eigenvalue weighted by Gasteiger charge is -2.24. The molecule has 1 fully saturated rings. The van der Waals surface area contributed by atoms with Gasteiger partial charge in [0.2, 0.25) is 0 Å². The number of carbonyl (C=O) groups is 1. The van der Waals surface area contributed by atoms with Crippen molar-refractivity contribution in [2.75, 3.05) is 19.6 Å². The molecule has 5 nitrogen and oxygen atoms in total. The van der Waals surface area contributed by atoms with Crippen LogP contribution < -0.4 is 5.73 Å². The van der Waals surface area contributed by atoms with Crippen LogP contribution in [-0.4, -0.2) is 40.2 Å². The van der Waals surface area contributed by atoms with Gasteiger partial charge < -0.3 is 10.6 Å². The van der Waals surface area contributed by atoms with Crippen molar-refractivity contribution in [1.29, 1.82) is 0 Å². The number of aromatic nitrogens is 2. The fraction of sp³-hybridized carbons (Fsp3) is 0.750. The van der Waals surface area contributed by atoms with Gasteiger partial charge in [-0.25, -0.2) is 0 Å². The first-order chi connectivity index (χ1) is 9.72. The predicted molar refractivity (Wildman–Crippen MR) is 84.3 cm³/mol. The summed E-state index contributed by atoms with van der Waals surface area (Å²) >= 11 is 0. The van der Waals surface area contributed by atoms with E-state index in [0.717, 1.165) is 37.2 Å². The van der Waals surface area contributed by atoms with E-state index >= 15 is 0 Å². The Bertz CT molecular complexity index is 529. The Morgan fingerprint density at radius 3 is 2.62 bits per heavy atom. The standard InChI is InChI=1S/C16H28N4O/c1-6-13-12(9-18-20(13)15(2,3)4)14(21)19-8-7-16(5,10-17)11-19/h9H,6-8,10-11,17H2,1-5H3. The molecule has 1 unspecified atom stereocenters. The van der Waals surface area contributed by atoms with Gasteiger partial charge in [-0.15, -0.1) is 0 Å². The molecule has 0 aliphatic carbocycles. The molecule has 1 aromatic rings. The van der Waals surface area contributed by atoms with Crippen molar-refractivity contribution in [3.63, 3.8) is 0 Å². The Morgan fingerprint density at radius 2 is 2.14 bits per heavy atom. The van der Waals surface area contributed by atoms with E-state index in [1.54, 1.807) is 6.20 Å². The van der Waals surface area contributed by atoms with Crippen molar-refractivity contribution in [1.82, 2.24) is 14.7 Å². The van der Waals surface area contributed by atoms with Crippen LogP contribution in [0.4, 0.5) is 0 Å². The van der Waals surface area contributed by atoms with E-state index < -0.39 is 0 Å². The first kappa shape index (κ1) is 16.0. The molecule has 1 aliphatic heterocycles. The molecule has 0 aromatic carbocycles. The predicted octanol–water partition coefficient (Wildman–Crippen LogP) is 2.01. The van der Waals surface area contributed by atoms with Gasteiger partial charge in [-0.2, -0.15) is 5.10 Å². The SMILES string of the molecule is CCc1c(C(=O)N2CCC(C)(CN)C2)cnn1C(C)(C)C. The van der Waals surface area contributed by atoms with Gasteiger partial charge in [-0.3, -0.25) is 9.48 Å². The molecule has 0 saturated carbocycles. The summed E-state index contributed by atoms with van der Waals surface area (Å²) in [4.78, 5) is 14.7. The average Bonchev–Trinajstić information content (AvgIpc) is 3.01. The van der Waals surface area contributed by atoms with Crippen LogP contribution in [0.5, 0.6) is 0 Å². The maximum Gasteiger partial charge on any atom is 0.257 e. The Hall–Kier alpha value is -1.36. The number of nitrogens with two attached hydrogens (primary N) is 1. The van der Waals surface area contributed by atoms with E-state index in [0.29, 0.717) is 6.54 Å². The van der Waals surface area contributed by atoms with Crippen LogP contribution in [0, 0.1) is 5.41 Å². The smallest absolute Gasteiger partial charge is 0.257 e. The number of carbonyl (C=O) groups excluding carboxylic acids is 1. The van der Waals surface area contributed by atoms with Gasteiger partial charge in [-0.05, 0) is 45.6 Å². The molecular weight excluding hydrogens is 264 g/mol. The maximum absolute atomic E-state index is 12.8. The van der Waals surface area contributed by atoms with E-state index in [2.05, 4.69) is 39.7 Å². The fourth-order valence-electron chi connectivity index (χ4n) is 3.00. The van der Waals surface area contributed by atoms with Crippen molar-refractivity contribution in [2.24, 2.45) is 11.1 Å². The zero-order chi connectivity index (χ0) is 15.8. The summed E-state index contributed by atoms with van der Waals surface area (Å²) in [7, 11) is 0. The van der Waals surface area contributed by atoms with Crippen LogP contribution in [0.1, 0.15) is 57.1 Å². The van der Waals surface area contributed by atoms with Crippen LogP contribution in [-0.2, 0) is 12.0 Å². The first-order valence-electron chi connectivity index (χ1n) is 7.78. The molecule has 0 radical (unpaired) electrons. The molecule has 1 aliphatic rings. The number of likely N-dealkylation sites (tertiary alicyclic amines) is 1. The second-order valence-electron chi connectivity index (χ2n) is 7.43. The largest absolute Gasteiger partial charge is 0.338 e. The third-order valence-electron chi connectivity index (χ3n) is 4.41. The highest BCUT2D eigenvalue weighted by atomic mass is 16.2. The second-order valence-corrected chi connectivity index (χ2v) is 7.43. The molecule has 2 rings (SSSR count). The van der Waals surface area contributed by atoms with E-state index in [-0.39, 0.29) is 16.9 Å². The molecule has 1 aromatic heterocycles. The highest BCUT2D eigenvalue weighted by Crippen LogP contribution is 2.30. The van der Waals surface area contributed by atoms with E-state index in [1.807, 2.05) is 9.58 Å². The van der Waals surface area contributed by atoms with Gasteiger partial charge in [0.25, 0.3) is 5.91 Å². The third kappa shape index (κ3) is 2.98. The minimum Gasteiger partial charge on any atom is -0.338 e. The summed E-state index contributed by atoms with van der Waals surface area (Å²) in [6, 6.07) is 0. The average molecular weight is 292 g/mol. The number of hydrogen-bond acceptors (Lipinski definition) is 3. The third-order valence-corrected chi connectivity index (χ3v) is 4.41. The van der Waals surface area contributed by atoms with Gasteiger partial charge in [0.05, 0.1) is 23.0 Å². The molecule has 5 heteroatoms. The molecule has 2 N–H and O–H groups in total. The number of amides is 1. The molecule has 0 spiro atoms. The van der Waals surface area contributed by atoms with E-state index in [9.17, 15) is 4.79 Å². The normalized spacial score (nSPS) is 22.9. The van der Waals surface area contributed by atoms with E-state index in [1.165, 1.54) is 0 Å². The minimum absolute atomic E-state index is 0.0576. The Kier molecular flexibility index (Phi) is 4.15. The van der Waals surface area contributed by atoms with Crippen molar-refractivity contribution in [3.8, 4) is 0 Å². The summed E-state index contributed by atoms with van der Waals surface area (Å²) in [6.45, 7) is 12.7. The molecule has 1 saturated heterocycles. The first-order valence-corrected chi connectivity index (χ1v) is 7.78. The number of hydrogen-bond donors (Lipinski definition) is 1. The molecule has 21 heavy (non-hydrogen) atoms. The summed E-state index contributed by atoms with van der Waals surface area (Å²) in [5.74, 6) is 0.0968. The maximum atomic E-state index is 12.8. The van der Waals surface area contributed by atoms with Crippen LogP contribution >= 0.6 is 0 Å². The summed E-state index contributed by atoms with van der Waals surface area (Å²) in [5, 5.41) is 4.45. The topological polar surface area (TPSA) is 64.2 Å². The van der Waals surface area contributed by atoms with Gasteiger partial charge in [-0.1, -0.05) is 13.8 Å². The molecule has 1 amide bonds. The fourth-order valence-corrected chi connectivity index (χ4v) is 3.00. The highest BCUT2D eigenvalue weighted by molar-refractivity contribution is 5.95. The molecular formula is C16H28N4O. The van der Waals surface area contributed by atoms with E-state index in [4.69, 9.17) is 5.73 Å². The number of rotatable bonds is 3. The lowest BCUT2D eigenvalue weighted by atomic mass is 9.90. The Balaban J connectivity index is 2.27. The highest BCUT2D eigenvalue weighted by Gasteiger charge is 2.36. The van der Waals surface area contributed by atoms with Crippen molar-refractivity contribution in [2.45, 2.75) is 53.0 Å². The Labute approximate surface area is 127 Å². The van der Waals surface area contributed by atoms with Gasteiger partial charge in [0.1, 0.15) is 0 Å². The molecule has 1 atom stereocenters. The van der Waals surface area contributed by atoms with Gasteiger partial charge in [0.15, 0.2) is 0 Å². The zero-order valence-corrected chi connectivity index (χ0v) is 13.9. The molecule has 0 bridgehead atoms. The van der Waals surface area contributed by atoms with Crippen LogP contribution in [0.3, 0.4) is 0 Å². The van der Waals surface area contributed by atoms with Crippen molar-refractivity contribution in [3.05, 3.63) is 17.5 Å². The molecule has 2 heterocycles. The summed E-state index contributed by atoms with van der Waals surface area (Å²) < 4.78 is 1.97. The minimum atomic E-state index is -0.110. The zero-order valence-electron chi connectivity index (χ0n) is 13.9. The lowest BCUT2D eigenvalue weighted by molar-refractivity contribution is 0.0775. The summed E-state index contributed by atoms with van der Waals surface area (Å²) in [6.07, 6.45) is 3.51. The summed E-state index contributed by atoms with van der Waals surface area (Å²) in [5.41, 5.74) is 7.55. The van der Waals surface area contributed by atoms with Crippen molar-refractivity contribution < 1.29 is 4.79 Å². The van der Waals surface area contributed by atoms with Gasteiger partial charge in [0, 0.05) is 13.1 Å². The van der Waals surface area contributed by atoms with Crippen LogP contribution in [0.15, 0.2) is 6.20 Å². The van der Waals surface area contributed by atoms with Crippen molar-refractivity contribution >= 4 is 5.91 Å².